The quantitative estimate of drug-likeness (QED) is 0.773. The van der Waals surface area contributed by atoms with Gasteiger partial charge in [-0.25, -0.2) is 0 Å². The molecular formula is C18H27NO2. The van der Waals surface area contributed by atoms with Crippen molar-refractivity contribution >= 4 is 5.78 Å². The van der Waals surface area contributed by atoms with Crippen molar-refractivity contribution in [3.8, 4) is 5.75 Å². The minimum absolute atomic E-state index is 0.0344. The zero-order valence-corrected chi connectivity index (χ0v) is 13.1. The van der Waals surface area contributed by atoms with Gasteiger partial charge in [0.05, 0.1) is 6.61 Å². The number of carbonyl (C=O) groups is 1. The number of nitrogens with two attached hydrogens (primary N) is 1. The summed E-state index contributed by atoms with van der Waals surface area (Å²) in [5, 5.41) is 0. The summed E-state index contributed by atoms with van der Waals surface area (Å²) < 4.78 is 5.55. The number of Topliss-reactive ketones (excluding diaryl/α,β-unsaturated/α-hetero) is 1. The number of hydrogen-bond acceptors (Lipinski definition) is 3. The van der Waals surface area contributed by atoms with Crippen molar-refractivity contribution in [3.05, 3.63) is 29.8 Å². The van der Waals surface area contributed by atoms with Crippen molar-refractivity contribution in [2.45, 2.75) is 51.9 Å². The number of benzene rings is 1. The lowest BCUT2D eigenvalue weighted by atomic mass is 9.70. The third kappa shape index (κ3) is 4.31. The minimum Gasteiger partial charge on any atom is -0.494 e. The molecule has 1 aromatic rings. The highest BCUT2D eigenvalue weighted by Crippen LogP contribution is 2.39. The number of ketones is 1. The Morgan fingerprint density at radius 2 is 1.86 bits per heavy atom. The van der Waals surface area contributed by atoms with Crippen molar-refractivity contribution in [1.82, 2.24) is 0 Å². The van der Waals surface area contributed by atoms with Crippen LogP contribution in [0.3, 0.4) is 0 Å². The third-order valence-corrected chi connectivity index (χ3v) is 4.53. The molecule has 0 aromatic heterocycles. The molecule has 1 aliphatic rings. The molecule has 0 atom stereocenters. The Morgan fingerprint density at radius 1 is 1.19 bits per heavy atom. The predicted molar refractivity (Wildman–Crippen MR) is 85.7 cm³/mol. The molecule has 1 aliphatic carbocycles. The molecule has 1 saturated carbocycles. The first-order valence-electron chi connectivity index (χ1n) is 8.15. The van der Waals surface area contributed by atoms with Crippen molar-refractivity contribution in [2.24, 2.45) is 11.1 Å². The van der Waals surface area contributed by atoms with Crippen LogP contribution in [0, 0.1) is 5.41 Å². The van der Waals surface area contributed by atoms with Gasteiger partial charge in [0.2, 0.25) is 0 Å². The first-order chi connectivity index (χ1) is 10.2. The second kappa shape index (κ2) is 7.60. The van der Waals surface area contributed by atoms with Crippen molar-refractivity contribution in [3.63, 3.8) is 0 Å². The Morgan fingerprint density at radius 3 is 2.43 bits per heavy atom. The van der Waals surface area contributed by atoms with Gasteiger partial charge in [-0.15, -0.1) is 0 Å². The van der Waals surface area contributed by atoms with E-state index in [0.29, 0.717) is 19.6 Å². The van der Waals surface area contributed by atoms with E-state index >= 15 is 0 Å². The summed E-state index contributed by atoms with van der Waals surface area (Å²) in [6, 6.07) is 7.53. The molecule has 0 heterocycles. The van der Waals surface area contributed by atoms with E-state index in [1.54, 1.807) is 0 Å². The van der Waals surface area contributed by atoms with Gasteiger partial charge in [0.25, 0.3) is 0 Å². The molecule has 0 saturated heterocycles. The minimum atomic E-state index is 0.0344. The van der Waals surface area contributed by atoms with E-state index in [1.807, 2.05) is 24.3 Å². The summed E-state index contributed by atoms with van der Waals surface area (Å²) in [6.07, 6.45) is 7.43. The summed E-state index contributed by atoms with van der Waals surface area (Å²) >= 11 is 0. The summed E-state index contributed by atoms with van der Waals surface area (Å²) in [5.74, 6) is 1.05. The fourth-order valence-corrected chi connectivity index (χ4v) is 3.15. The fourth-order valence-electron chi connectivity index (χ4n) is 3.15. The topological polar surface area (TPSA) is 52.3 Å². The summed E-state index contributed by atoms with van der Waals surface area (Å²) in [5.41, 5.74) is 6.78. The molecule has 3 heteroatoms. The number of ether oxygens (including phenoxy) is 1. The lowest BCUT2D eigenvalue weighted by molar-refractivity contribution is 0.0868. The molecule has 0 bridgehead atoms. The van der Waals surface area contributed by atoms with E-state index in [0.717, 1.165) is 30.6 Å². The molecule has 3 nitrogen and oxygen atoms in total. The molecular weight excluding hydrogens is 262 g/mol. The summed E-state index contributed by atoms with van der Waals surface area (Å²) in [7, 11) is 0. The Bertz CT molecular complexity index is 447. The van der Waals surface area contributed by atoms with E-state index < -0.39 is 0 Å². The number of rotatable bonds is 7. The molecule has 2 N–H and O–H groups in total. The van der Waals surface area contributed by atoms with E-state index in [1.165, 1.54) is 19.3 Å². The molecule has 116 valence electrons. The van der Waals surface area contributed by atoms with E-state index in [9.17, 15) is 4.79 Å². The Balaban J connectivity index is 1.98. The lowest BCUT2D eigenvalue weighted by Crippen LogP contribution is -2.35. The highest BCUT2D eigenvalue weighted by atomic mass is 16.5. The van der Waals surface area contributed by atoms with Crippen LogP contribution in [0.25, 0.3) is 0 Å². The largest absolute Gasteiger partial charge is 0.494 e. The maximum Gasteiger partial charge on any atom is 0.163 e. The van der Waals surface area contributed by atoms with Crippen LogP contribution in [-0.4, -0.2) is 18.9 Å². The van der Waals surface area contributed by atoms with Crippen LogP contribution in [0.2, 0.25) is 0 Å². The van der Waals surface area contributed by atoms with Gasteiger partial charge in [-0.3, -0.25) is 4.79 Å². The first kappa shape index (κ1) is 16.0. The average Bonchev–Trinajstić information content (AvgIpc) is 2.54. The number of carbonyl (C=O) groups excluding carboxylic acids is 1. The SMILES string of the molecule is CCCOc1ccc(C(=O)CC2(CN)CCCCC2)cc1. The second-order valence-electron chi connectivity index (χ2n) is 6.24. The monoisotopic (exact) mass is 289 g/mol. The first-order valence-corrected chi connectivity index (χ1v) is 8.15. The molecule has 1 fully saturated rings. The normalized spacial score (nSPS) is 17.4. The molecule has 0 unspecified atom stereocenters. The van der Waals surface area contributed by atoms with Gasteiger partial charge < -0.3 is 10.5 Å². The average molecular weight is 289 g/mol. The van der Waals surface area contributed by atoms with Crippen LogP contribution in [0.5, 0.6) is 5.75 Å². The Kier molecular flexibility index (Phi) is 5.80. The molecule has 0 amide bonds. The molecule has 0 spiro atoms. The van der Waals surface area contributed by atoms with Crippen molar-refractivity contribution < 1.29 is 9.53 Å². The van der Waals surface area contributed by atoms with Crippen LogP contribution < -0.4 is 10.5 Å². The predicted octanol–water partition coefficient (Wildman–Crippen LogP) is 3.96. The second-order valence-corrected chi connectivity index (χ2v) is 6.24. The third-order valence-electron chi connectivity index (χ3n) is 4.53. The number of hydrogen-bond donors (Lipinski definition) is 1. The highest BCUT2D eigenvalue weighted by Gasteiger charge is 2.33. The van der Waals surface area contributed by atoms with Crippen molar-refractivity contribution in [1.29, 1.82) is 0 Å². The molecule has 21 heavy (non-hydrogen) atoms. The lowest BCUT2D eigenvalue weighted by Gasteiger charge is -2.35. The van der Waals surface area contributed by atoms with Crippen molar-refractivity contribution in [2.75, 3.05) is 13.2 Å². The van der Waals surface area contributed by atoms with E-state index in [2.05, 4.69) is 6.92 Å². The standard InChI is InChI=1S/C18H27NO2/c1-2-12-21-16-8-6-15(7-9-16)17(20)13-18(14-19)10-4-3-5-11-18/h6-9H,2-5,10-14,19H2,1H3. The summed E-state index contributed by atoms with van der Waals surface area (Å²) in [6.45, 7) is 3.41. The zero-order valence-electron chi connectivity index (χ0n) is 13.1. The van der Waals surface area contributed by atoms with Gasteiger partial charge in [-0.1, -0.05) is 26.2 Å². The Hall–Kier alpha value is -1.35. The summed E-state index contributed by atoms with van der Waals surface area (Å²) in [4.78, 5) is 12.5. The molecule has 0 radical (unpaired) electrons. The fraction of sp³-hybridized carbons (Fsp3) is 0.611. The zero-order chi connectivity index (χ0) is 15.1. The van der Waals surface area contributed by atoms with Crippen LogP contribution in [0.4, 0.5) is 0 Å². The molecule has 2 rings (SSSR count). The maximum atomic E-state index is 12.5. The van der Waals surface area contributed by atoms with Crippen LogP contribution in [0.1, 0.15) is 62.2 Å². The van der Waals surface area contributed by atoms with Gasteiger partial charge in [0.1, 0.15) is 5.75 Å². The van der Waals surface area contributed by atoms with E-state index in [4.69, 9.17) is 10.5 Å². The van der Waals surface area contributed by atoms with Crippen LogP contribution in [-0.2, 0) is 0 Å². The molecule has 0 aliphatic heterocycles. The van der Waals surface area contributed by atoms with Gasteiger partial charge in [0.15, 0.2) is 5.78 Å². The van der Waals surface area contributed by atoms with Gasteiger partial charge in [-0.05, 0) is 55.5 Å². The Labute approximate surface area is 127 Å². The van der Waals surface area contributed by atoms with Gasteiger partial charge in [-0.2, -0.15) is 0 Å². The molecule has 1 aromatic carbocycles. The van der Waals surface area contributed by atoms with Crippen LogP contribution in [0.15, 0.2) is 24.3 Å². The van der Waals surface area contributed by atoms with Gasteiger partial charge >= 0.3 is 0 Å². The maximum absolute atomic E-state index is 12.5. The highest BCUT2D eigenvalue weighted by molar-refractivity contribution is 5.96. The van der Waals surface area contributed by atoms with E-state index in [-0.39, 0.29) is 11.2 Å². The smallest absolute Gasteiger partial charge is 0.163 e. The van der Waals surface area contributed by atoms with Gasteiger partial charge in [0, 0.05) is 12.0 Å². The van der Waals surface area contributed by atoms with Crippen LogP contribution >= 0.6 is 0 Å².